The maximum atomic E-state index is 11.8. The molecule has 0 unspecified atom stereocenters. The van der Waals surface area contributed by atoms with Crippen LogP contribution >= 0.6 is 31.9 Å². The van der Waals surface area contributed by atoms with Crippen molar-refractivity contribution in [2.45, 2.75) is 29.4 Å². The van der Waals surface area contributed by atoms with E-state index in [4.69, 9.17) is 4.74 Å². The number of rotatable bonds is 2. The van der Waals surface area contributed by atoms with Crippen molar-refractivity contribution in [1.82, 2.24) is 4.90 Å². The van der Waals surface area contributed by atoms with Gasteiger partial charge in [-0.2, -0.15) is 0 Å². The van der Waals surface area contributed by atoms with Crippen LogP contribution in [0.5, 0.6) is 0 Å². The lowest BCUT2D eigenvalue weighted by Crippen LogP contribution is -2.35. The summed E-state index contributed by atoms with van der Waals surface area (Å²) < 4.78 is 4.90. The summed E-state index contributed by atoms with van der Waals surface area (Å²) in [5.41, 5.74) is 1.94. The van der Waals surface area contributed by atoms with Gasteiger partial charge in [0.1, 0.15) is 3.23 Å². The lowest BCUT2D eigenvalue weighted by atomic mass is 10.1. The third-order valence-corrected chi connectivity index (χ3v) is 4.83. The fourth-order valence-electron chi connectivity index (χ4n) is 2.32. The minimum Gasteiger partial charge on any atom is -0.463 e. The van der Waals surface area contributed by atoms with Crippen molar-refractivity contribution < 1.29 is 9.53 Å². The number of hydrogen-bond donors (Lipinski definition) is 0. The zero-order valence-corrected chi connectivity index (χ0v) is 13.6. The predicted octanol–water partition coefficient (Wildman–Crippen LogP) is 3.35. The number of fused-ring (bicyclic) bond motifs is 1. The Morgan fingerprint density at radius 1 is 1.44 bits per heavy atom. The molecule has 0 spiro atoms. The second kappa shape index (κ2) is 5.78. The molecule has 0 aromatic carbocycles. The molecule has 0 aromatic rings. The van der Waals surface area contributed by atoms with E-state index >= 15 is 0 Å². The number of nitrogens with zero attached hydrogens (tertiary/aromatic N) is 1. The van der Waals surface area contributed by atoms with Crippen LogP contribution in [0.4, 0.5) is 0 Å². The van der Waals surface area contributed by atoms with Gasteiger partial charge in [-0.05, 0) is 38.3 Å². The molecule has 3 nitrogen and oxygen atoms in total. The number of alkyl halides is 2. The fourth-order valence-corrected chi connectivity index (χ4v) is 3.64. The van der Waals surface area contributed by atoms with Crippen molar-refractivity contribution in [2.75, 3.05) is 19.7 Å². The maximum absolute atomic E-state index is 11.8. The van der Waals surface area contributed by atoms with Crippen molar-refractivity contribution >= 4 is 37.8 Å². The minimum atomic E-state index is -0.202. The van der Waals surface area contributed by atoms with Crippen LogP contribution in [0.2, 0.25) is 0 Å². The van der Waals surface area contributed by atoms with E-state index in [1.807, 2.05) is 19.1 Å². The molecule has 2 aliphatic heterocycles. The molecule has 0 N–H and O–H groups in total. The number of allylic oxidation sites excluding steroid dienone is 3. The van der Waals surface area contributed by atoms with Crippen LogP contribution in [0.1, 0.15) is 26.2 Å². The van der Waals surface area contributed by atoms with Gasteiger partial charge in [-0.3, -0.25) is 0 Å². The van der Waals surface area contributed by atoms with Crippen LogP contribution in [-0.2, 0) is 9.53 Å². The lowest BCUT2D eigenvalue weighted by molar-refractivity contribution is -0.138. The van der Waals surface area contributed by atoms with Crippen LogP contribution in [-0.4, -0.2) is 33.8 Å². The highest BCUT2D eigenvalue weighted by atomic mass is 79.9. The predicted molar refractivity (Wildman–Crippen MR) is 78.8 cm³/mol. The van der Waals surface area contributed by atoms with Crippen molar-refractivity contribution in [3.63, 3.8) is 0 Å². The van der Waals surface area contributed by atoms with E-state index in [1.165, 1.54) is 12.1 Å². The highest BCUT2D eigenvalue weighted by molar-refractivity contribution is 9.25. The Balaban J connectivity index is 2.22. The average Bonchev–Trinajstić information content (AvgIpc) is 2.48. The summed E-state index contributed by atoms with van der Waals surface area (Å²) in [7, 11) is 0. The van der Waals surface area contributed by atoms with Gasteiger partial charge >= 0.3 is 5.97 Å². The summed E-state index contributed by atoms with van der Waals surface area (Å²) in [4.78, 5) is 14.0. The first-order valence-corrected chi connectivity index (χ1v) is 7.84. The van der Waals surface area contributed by atoms with Gasteiger partial charge in [0.25, 0.3) is 0 Å². The van der Waals surface area contributed by atoms with Crippen molar-refractivity contribution in [1.29, 1.82) is 0 Å². The summed E-state index contributed by atoms with van der Waals surface area (Å²) >= 11 is 7.47. The van der Waals surface area contributed by atoms with Gasteiger partial charge in [0, 0.05) is 18.8 Å². The molecule has 0 amide bonds. The molecule has 18 heavy (non-hydrogen) atoms. The number of esters is 1. The quantitative estimate of drug-likeness (QED) is 0.545. The highest BCUT2D eigenvalue weighted by Gasteiger charge is 2.35. The van der Waals surface area contributed by atoms with E-state index in [1.54, 1.807) is 0 Å². The third kappa shape index (κ3) is 2.99. The molecule has 100 valence electrons. The molecule has 0 bridgehead atoms. The number of halogens is 2. The molecule has 0 atom stereocenters. The normalized spacial score (nSPS) is 22.5. The van der Waals surface area contributed by atoms with Crippen LogP contribution in [0, 0.1) is 0 Å². The number of ether oxygens (including phenoxy) is 1. The minimum absolute atomic E-state index is 0.160. The maximum Gasteiger partial charge on any atom is 0.335 e. The monoisotopic (exact) mass is 377 g/mol. The standard InChI is InChI=1S/C13H17Br2NO2/c1-2-18-12(17)10-5-6-11-13(14,15)7-3-4-8-16(11)9-10/h5-6H,2-4,7-9H2,1H3. The largest absolute Gasteiger partial charge is 0.463 e. The first kappa shape index (κ1) is 14.1. The summed E-state index contributed by atoms with van der Waals surface area (Å²) in [6.45, 7) is 3.88. The number of carbonyl (C=O) groups is 1. The van der Waals surface area contributed by atoms with Gasteiger partial charge in [-0.15, -0.1) is 0 Å². The van der Waals surface area contributed by atoms with Gasteiger partial charge in [0.2, 0.25) is 0 Å². The fraction of sp³-hybridized carbons (Fsp3) is 0.615. The topological polar surface area (TPSA) is 29.5 Å². The number of carbonyl (C=O) groups excluding carboxylic acids is 1. The summed E-state index contributed by atoms with van der Waals surface area (Å²) in [6, 6.07) is 0. The Labute approximate surface area is 124 Å². The Hall–Kier alpha value is -0.290. The Morgan fingerprint density at radius 3 is 2.94 bits per heavy atom. The lowest BCUT2D eigenvalue weighted by Gasteiger charge is -2.34. The van der Waals surface area contributed by atoms with Crippen LogP contribution in [0.25, 0.3) is 0 Å². The summed E-state index contributed by atoms with van der Waals surface area (Å²) in [5, 5.41) is 0. The van der Waals surface area contributed by atoms with E-state index in [-0.39, 0.29) is 9.20 Å². The molecule has 0 saturated carbocycles. The SMILES string of the molecule is CCOC(=O)C1=CC=C2N(CCCCC2(Br)Br)C1. The van der Waals surface area contributed by atoms with E-state index in [9.17, 15) is 4.79 Å². The van der Waals surface area contributed by atoms with Gasteiger partial charge in [-0.25, -0.2) is 4.79 Å². The van der Waals surface area contributed by atoms with E-state index in [2.05, 4.69) is 36.8 Å². The zero-order chi connectivity index (χ0) is 13.2. The van der Waals surface area contributed by atoms with E-state index in [0.29, 0.717) is 13.2 Å². The van der Waals surface area contributed by atoms with Gasteiger partial charge in [0.15, 0.2) is 0 Å². The van der Waals surface area contributed by atoms with Gasteiger partial charge < -0.3 is 9.64 Å². The highest BCUT2D eigenvalue weighted by Crippen LogP contribution is 2.44. The van der Waals surface area contributed by atoms with Crippen LogP contribution in [0.15, 0.2) is 23.4 Å². The molecule has 0 radical (unpaired) electrons. The van der Waals surface area contributed by atoms with E-state index < -0.39 is 0 Å². The Morgan fingerprint density at radius 2 is 2.22 bits per heavy atom. The summed E-state index contributed by atoms with van der Waals surface area (Å²) in [5.74, 6) is -0.202. The Bertz CT molecular complexity index is 402. The van der Waals surface area contributed by atoms with Crippen molar-refractivity contribution in [3.05, 3.63) is 23.4 Å². The molecule has 5 heteroatoms. The summed E-state index contributed by atoms with van der Waals surface area (Å²) in [6.07, 6.45) is 7.26. The second-order valence-electron chi connectivity index (χ2n) is 4.55. The molecular weight excluding hydrogens is 362 g/mol. The Kier molecular flexibility index (Phi) is 4.54. The van der Waals surface area contributed by atoms with Crippen LogP contribution < -0.4 is 0 Å². The van der Waals surface area contributed by atoms with Crippen LogP contribution in [0.3, 0.4) is 0 Å². The van der Waals surface area contributed by atoms with Crippen molar-refractivity contribution in [2.24, 2.45) is 0 Å². The molecule has 1 saturated heterocycles. The number of hydrogen-bond acceptors (Lipinski definition) is 3. The first-order valence-electron chi connectivity index (χ1n) is 6.26. The average molecular weight is 379 g/mol. The first-order chi connectivity index (χ1) is 8.54. The molecule has 2 rings (SSSR count). The molecule has 0 aliphatic carbocycles. The molecule has 0 aromatic heterocycles. The third-order valence-electron chi connectivity index (χ3n) is 3.23. The molecule has 2 aliphatic rings. The van der Waals surface area contributed by atoms with E-state index in [0.717, 1.165) is 25.0 Å². The molecular formula is C13H17Br2NO2. The second-order valence-corrected chi connectivity index (χ2v) is 8.32. The van der Waals surface area contributed by atoms with Crippen molar-refractivity contribution in [3.8, 4) is 0 Å². The zero-order valence-electron chi connectivity index (χ0n) is 10.4. The van der Waals surface area contributed by atoms with Gasteiger partial charge in [0.05, 0.1) is 12.2 Å². The smallest absolute Gasteiger partial charge is 0.335 e. The molecule has 1 fully saturated rings. The molecule has 2 heterocycles. The van der Waals surface area contributed by atoms with Gasteiger partial charge in [-0.1, -0.05) is 31.9 Å².